The number of anilines is 4. The fourth-order valence-corrected chi connectivity index (χ4v) is 8.66. The van der Waals surface area contributed by atoms with Crippen LogP contribution in [0.1, 0.15) is 37.1 Å². The van der Waals surface area contributed by atoms with E-state index in [2.05, 4.69) is 152 Å². The molecule has 22 nitrogen and oxygen atoms in total. The van der Waals surface area contributed by atoms with Crippen LogP contribution >= 0.6 is 22.7 Å². The highest BCUT2D eigenvalue weighted by molar-refractivity contribution is 7.22. The second-order valence-corrected chi connectivity index (χ2v) is 18.9. The molecule has 0 saturated heterocycles. The van der Waals surface area contributed by atoms with Gasteiger partial charge in [0.2, 0.25) is 0 Å². The number of para-hydroxylation sites is 2. The van der Waals surface area contributed by atoms with E-state index in [-0.39, 0.29) is 12.1 Å². The standard InChI is InChI=1S/2C21H23N5S.3C4H4O4/c2*1-15(25(2)3)20(26-13-12-22-14-26)16-8-10-17(11-9-16)23-21-24-18-6-4-5-7-19(18)27-21;3*5-3(6)1-2-4(7)8/h2*4-15,20H,1-3H3,(H,23,24);3*1-2H,(H,5,6)(H,7,8)/b;;3*2-1+/t2*15-,20+;;;/m11.../s1. The maximum absolute atomic E-state index is 9.55. The van der Waals surface area contributed by atoms with E-state index >= 15 is 0 Å². The van der Waals surface area contributed by atoms with Gasteiger partial charge >= 0.3 is 35.8 Å². The van der Waals surface area contributed by atoms with Crippen LogP contribution in [0.3, 0.4) is 0 Å². The maximum Gasteiger partial charge on any atom is 0.328 e. The number of rotatable bonds is 18. The number of likely N-dealkylation sites (N-methyl/N-ethyl adjacent to an activating group) is 2. The smallest absolute Gasteiger partial charge is 0.328 e. The van der Waals surface area contributed by atoms with E-state index in [0.717, 1.165) is 32.7 Å². The minimum absolute atomic E-state index is 0.207. The summed E-state index contributed by atoms with van der Waals surface area (Å²) in [4.78, 5) is 79.5. The number of hydrogen-bond acceptors (Lipinski definition) is 16. The normalized spacial score (nSPS) is 12.5. The summed E-state index contributed by atoms with van der Waals surface area (Å²) in [6, 6.07) is 34.7. The van der Waals surface area contributed by atoms with Crippen molar-refractivity contribution in [2.24, 2.45) is 0 Å². The van der Waals surface area contributed by atoms with Gasteiger partial charge in [-0.1, -0.05) is 71.2 Å². The highest BCUT2D eigenvalue weighted by atomic mass is 32.1. The molecule has 8 aromatic rings. The number of carboxylic acid groups (broad SMARTS) is 6. The van der Waals surface area contributed by atoms with Crippen molar-refractivity contribution < 1.29 is 59.4 Å². The van der Waals surface area contributed by atoms with E-state index in [0.29, 0.717) is 48.5 Å². The van der Waals surface area contributed by atoms with E-state index in [4.69, 9.17) is 30.6 Å². The summed E-state index contributed by atoms with van der Waals surface area (Å²) in [7, 11) is 8.44. The van der Waals surface area contributed by atoms with Crippen molar-refractivity contribution in [1.82, 2.24) is 38.9 Å². The van der Waals surface area contributed by atoms with Crippen molar-refractivity contribution >= 4 is 101 Å². The molecule has 408 valence electrons. The topological polar surface area (TPSA) is 316 Å². The zero-order valence-corrected chi connectivity index (χ0v) is 44.6. The lowest BCUT2D eigenvalue weighted by Gasteiger charge is -2.30. The Kier molecular flexibility index (Phi) is 24.2. The van der Waals surface area contributed by atoms with Crippen molar-refractivity contribution in [2.75, 3.05) is 38.8 Å². The van der Waals surface area contributed by atoms with Gasteiger partial charge in [-0.2, -0.15) is 0 Å². The van der Waals surface area contributed by atoms with Crippen LogP contribution in [-0.4, -0.2) is 146 Å². The molecule has 0 aliphatic carbocycles. The predicted octanol–water partition coefficient (Wildman–Crippen LogP) is 8.69. The van der Waals surface area contributed by atoms with Crippen molar-refractivity contribution in [2.45, 2.75) is 38.0 Å². The summed E-state index contributed by atoms with van der Waals surface area (Å²) in [5.41, 5.74) is 6.65. The third kappa shape index (κ3) is 20.7. The number of imidazole rings is 2. The number of carboxylic acids is 6. The second-order valence-electron chi connectivity index (χ2n) is 16.8. The van der Waals surface area contributed by atoms with E-state index in [1.54, 1.807) is 22.7 Å². The summed E-state index contributed by atoms with van der Waals surface area (Å²) >= 11 is 3.34. The highest BCUT2D eigenvalue weighted by Gasteiger charge is 2.24. The summed E-state index contributed by atoms with van der Waals surface area (Å²) in [6.07, 6.45) is 14.8. The maximum atomic E-state index is 9.55. The van der Waals surface area contributed by atoms with Crippen molar-refractivity contribution in [1.29, 1.82) is 0 Å². The van der Waals surface area contributed by atoms with Gasteiger partial charge in [-0.15, -0.1) is 0 Å². The van der Waals surface area contributed by atoms with Crippen molar-refractivity contribution in [3.8, 4) is 0 Å². The number of nitrogens with one attached hydrogen (secondary N) is 2. The number of benzene rings is 4. The van der Waals surface area contributed by atoms with Crippen LogP contribution < -0.4 is 10.6 Å². The first-order valence-electron chi connectivity index (χ1n) is 23.3. The zero-order chi connectivity index (χ0) is 57.3. The third-order valence-corrected chi connectivity index (χ3v) is 12.8. The van der Waals surface area contributed by atoms with Gasteiger partial charge in [-0.3, -0.25) is 0 Å². The first-order chi connectivity index (χ1) is 37.1. The molecule has 0 fully saturated rings. The Morgan fingerprint density at radius 1 is 0.474 bits per heavy atom. The summed E-state index contributed by atoms with van der Waals surface area (Å²) in [5, 5.41) is 55.5. The van der Waals surface area contributed by atoms with Gasteiger partial charge in [-0.05, 0) is 102 Å². The molecule has 4 aromatic carbocycles. The Hall–Kier alpha value is -9.36. The number of nitrogens with zero attached hydrogens (tertiary/aromatic N) is 8. The first-order valence-corrected chi connectivity index (χ1v) is 24.9. The molecule has 8 N–H and O–H groups in total. The quantitative estimate of drug-likeness (QED) is 0.0372. The summed E-state index contributed by atoms with van der Waals surface area (Å²) < 4.78 is 6.72. The Morgan fingerprint density at radius 2 is 0.769 bits per heavy atom. The van der Waals surface area contributed by atoms with E-state index in [9.17, 15) is 28.8 Å². The van der Waals surface area contributed by atoms with E-state index in [1.807, 2.05) is 73.8 Å². The van der Waals surface area contributed by atoms with Gasteiger partial charge in [0.1, 0.15) is 0 Å². The third-order valence-electron chi connectivity index (χ3n) is 10.9. The molecule has 0 amide bonds. The van der Waals surface area contributed by atoms with Gasteiger partial charge in [0.05, 0.1) is 45.2 Å². The Labute approximate surface area is 455 Å². The molecule has 78 heavy (non-hydrogen) atoms. The first kappa shape index (κ1) is 61.2. The Bertz CT molecular complexity index is 2920. The van der Waals surface area contributed by atoms with E-state index in [1.165, 1.54) is 20.5 Å². The van der Waals surface area contributed by atoms with Gasteiger partial charge in [0, 0.05) is 84.7 Å². The van der Waals surface area contributed by atoms with Crippen LogP contribution in [0, 0.1) is 0 Å². The minimum Gasteiger partial charge on any atom is -0.478 e. The molecule has 0 radical (unpaired) electrons. The van der Waals surface area contributed by atoms with Crippen LogP contribution in [0.15, 0.2) is 171 Å². The highest BCUT2D eigenvalue weighted by Crippen LogP contribution is 2.32. The lowest BCUT2D eigenvalue weighted by Crippen LogP contribution is -2.34. The van der Waals surface area contributed by atoms with Gasteiger partial charge in [0.25, 0.3) is 0 Å². The molecule has 0 saturated carbocycles. The number of aliphatic carboxylic acids is 6. The number of aromatic nitrogens is 6. The lowest BCUT2D eigenvalue weighted by molar-refractivity contribution is -0.134. The number of carbonyl (C=O) groups is 6. The fourth-order valence-electron chi connectivity index (χ4n) is 6.89. The van der Waals surface area contributed by atoms with Crippen LogP contribution in [0.25, 0.3) is 20.4 Å². The van der Waals surface area contributed by atoms with Crippen molar-refractivity contribution in [3.63, 3.8) is 0 Å². The SMILES string of the molecule is C[C@H]([C@@H](c1ccc(Nc2nc3ccccc3s2)cc1)n1ccnc1)N(C)C.C[C@H]([C@@H](c1ccc(Nc2nc3ccccc3s2)cc1)n1ccnc1)N(C)C.O=C(O)/C=C/C(=O)O.O=C(O)/C=C/C(=O)O.O=C(O)/C=C/C(=O)O. The van der Waals surface area contributed by atoms with Crippen LogP contribution in [0.5, 0.6) is 0 Å². The Balaban J connectivity index is 0.000000239. The second kappa shape index (κ2) is 30.9. The van der Waals surface area contributed by atoms with E-state index < -0.39 is 35.8 Å². The molecule has 0 aliphatic rings. The molecule has 0 aliphatic heterocycles. The molecule has 0 unspecified atom stereocenters. The predicted molar refractivity (Wildman–Crippen MR) is 299 cm³/mol. The zero-order valence-electron chi connectivity index (χ0n) is 43.0. The van der Waals surface area contributed by atoms with Crippen LogP contribution in [0.4, 0.5) is 21.6 Å². The lowest BCUT2D eigenvalue weighted by atomic mass is 9.99. The molecular weight excluding hydrogens is 1040 g/mol. The monoisotopic (exact) mass is 1100 g/mol. The average molecular weight is 1100 g/mol. The minimum atomic E-state index is -1.26. The van der Waals surface area contributed by atoms with Gasteiger partial charge < -0.3 is 60.2 Å². The Morgan fingerprint density at radius 3 is 1.01 bits per heavy atom. The van der Waals surface area contributed by atoms with Crippen molar-refractivity contribution in [3.05, 3.63) is 182 Å². The number of thiazole rings is 2. The van der Waals surface area contributed by atoms with Crippen LogP contribution in [0.2, 0.25) is 0 Å². The summed E-state index contributed by atoms with van der Waals surface area (Å²) in [6.45, 7) is 4.47. The molecule has 8 rings (SSSR count). The molecule has 4 aromatic heterocycles. The van der Waals surface area contributed by atoms with Crippen LogP contribution in [-0.2, 0) is 28.8 Å². The van der Waals surface area contributed by atoms with Gasteiger partial charge in [-0.25, -0.2) is 48.7 Å². The van der Waals surface area contributed by atoms with Gasteiger partial charge in [0.15, 0.2) is 10.3 Å². The molecule has 0 spiro atoms. The average Bonchev–Trinajstić information content (AvgIpc) is 4.26. The molecular formula is C54H58N10O12S2. The number of hydrogen-bond donors (Lipinski definition) is 8. The molecule has 4 atom stereocenters. The largest absolute Gasteiger partial charge is 0.478 e. The number of fused-ring (bicyclic) bond motifs is 2. The molecule has 4 heterocycles. The fraction of sp³-hybridized carbons (Fsp3) is 0.185. The molecule has 24 heteroatoms. The molecule has 0 bridgehead atoms. The summed E-state index contributed by atoms with van der Waals surface area (Å²) in [5.74, 6) is -7.54.